The van der Waals surface area contributed by atoms with E-state index < -0.39 is 0 Å². The molecule has 0 radical (unpaired) electrons. The third-order valence-corrected chi connectivity index (χ3v) is 6.43. The number of ether oxygens (including phenoxy) is 1. The summed E-state index contributed by atoms with van der Waals surface area (Å²) in [6.45, 7) is 10.4. The van der Waals surface area contributed by atoms with Gasteiger partial charge in [-0.25, -0.2) is 0 Å². The van der Waals surface area contributed by atoms with E-state index in [1.807, 2.05) is 20.8 Å². The van der Waals surface area contributed by atoms with Crippen LogP contribution in [0.15, 0.2) is 30.3 Å². The third kappa shape index (κ3) is 6.50. The molecule has 3 rings (SSSR count). The molecule has 1 N–H and O–H groups in total. The second kappa shape index (κ2) is 11.2. The minimum Gasteiger partial charge on any atom is -0.505 e. The fraction of sp³-hybridized carbons (Fsp3) is 0.519. The summed E-state index contributed by atoms with van der Waals surface area (Å²) in [4.78, 5) is 14.0. The Morgan fingerprint density at radius 1 is 1.09 bits per heavy atom. The van der Waals surface area contributed by atoms with Crippen LogP contribution in [-0.4, -0.2) is 26.1 Å². The van der Waals surface area contributed by atoms with Gasteiger partial charge in [-0.15, -0.1) is 15.0 Å². The zero-order chi connectivity index (χ0) is 24.9. The van der Waals surface area contributed by atoms with Gasteiger partial charge < -0.3 is 9.84 Å². The fourth-order valence-electron chi connectivity index (χ4n) is 4.13. The van der Waals surface area contributed by atoms with Crippen LogP contribution in [0.25, 0.3) is 16.7 Å². The summed E-state index contributed by atoms with van der Waals surface area (Å²) in [6.07, 6.45) is 7.00. The lowest BCUT2D eigenvalue weighted by molar-refractivity contribution is -0.134. The van der Waals surface area contributed by atoms with Gasteiger partial charge in [-0.2, -0.15) is 0 Å². The van der Waals surface area contributed by atoms with E-state index in [2.05, 4.69) is 24.0 Å². The molecule has 0 spiro atoms. The number of carbonyl (C=O) groups excluding carboxylic acids is 1. The van der Waals surface area contributed by atoms with Crippen molar-refractivity contribution < 1.29 is 14.6 Å². The molecule has 7 heteroatoms. The lowest BCUT2D eigenvalue weighted by Crippen LogP contribution is -2.15. The van der Waals surface area contributed by atoms with Crippen LogP contribution in [0.2, 0.25) is 5.02 Å². The van der Waals surface area contributed by atoms with Crippen LogP contribution < -0.4 is 4.74 Å². The van der Waals surface area contributed by atoms with Crippen molar-refractivity contribution in [2.45, 2.75) is 85.0 Å². The van der Waals surface area contributed by atoms with Crippen LogP contribution in [0.4, 0.5) is 0 Å². The molecule has 0 saturated carbocycles. The normalized spacial score (nSPS) is 12.8. The Morgan fingerprint density at radius 3 is 2.47 bits per heavy atom. The van der Waals surface area contributed by atoms with E-state index in [0.29, 0.717) is 45.4 Å². The number of rotatable bonds is 10. The number of hydrogen-bond donors (Lipinski definition) is 1. The average Bonchev–Trinajstić information content (AvgIpc) is 3.19. The lowest BCUT2D eigenvalue weighted by Gasteiger charge is -2.22. The smallest absolute Gasteiger partial charge is 0.311 e. The van der Waals surface area contributed by atoms with Crippen molar-refractivity contribution in [1.29, 1.82) is 0 Å². The van der Waals surface area contributed by atoms with Crippen molar-refractivity contribution in [2.75, 3.05) is 0 Å². The number of halogens is 1. The number of carbonyl (C=O) groups is 1. The van der Waals surface area contributed by atoms with Crippen molar-refractivity contribution in [1.82, 2.24) is 15.0 Å². The third-order valence-electron chi connectivity index (χ3n) is 6.20. The van der Waals surface area contributed by atoms with Crippen LogP contribution in [-0.2, 0) is 10.2 Å². The summed E-state index contributed by atoms with van der Waals surface area (Å²) in [5.74, 6) is 0.821. The largest absolute Gasteiger partial charge is 0.505 e. The van der Waals surface area contributed by atoms with E-state index in [4.69, 9.17) is 16.3 Å². The number of unbranched alkanes of at least 4 members (excludes halogenated alkanes) is 1. The standard InChI is InChI=1S/C27H36ClN3O3/c1-6-8-10-18(7-2)11-9-12-25(32)34-20-16-21(27(3,4)5)26(33)24(17-20)31-29-22-14-13-19(28)15-23(22)30-31/h13-18,33H,6-12H2,1-5H3. The van der Waals surface area contributed by atoms with E-state index in [9.17, 15) is 9.90 Å². The Bertz CT molecular complexity index is 1130. The molecule has 34 heavy (non-hydrogen) atoms. The molecule has 0 fully saturated rings. The molecule has 1 atom stereocenters. The maximum atomic E-state index is 12.6. The zero-order valence-corrected chi connectivity index (χ0v) is 21.7. The molecule has 0 aliphatic carbocycles. The van der Waals surface area contributed by atoms with Crippen molar-refractivity contribution in [3.05, 3.63) is 40.9 Å². The van der Waals surface area contributed by atoms with Crippen LogP contribution >= 0.6 is 11.6 Å². The molecule has 1 unspecified atom stereocenters. The van der Waals surface area contributed by atoms with Crippen LogP contribution in [0.1, 0.15) is 85.1 Å². The van der Waals surface area contributed by atoms with Crippen molar-refractivity contribution >= 4 is 28.6 Å². The predicted octanol–water partition coefficient (Wildman–Crippen LogP) is 7.37. The second-order valence-electron chi connectivity index (χ2n) is 9.99. The Labute approximate surface area is 207 Å². The summed E-state index contributed by atoms with van der Waals surface area (Å²) in [5.41, 5.74) is 1.88. The fourth-order valence-corrected chi connectivity index (χ4v) is 4.30. The number of benzene rings is 2. The maximum absolute atomic E-state index is 12.6. The Kier molecular flexibility index (Phi) is 8.58. The number of esters is 1. The molecule has 6 nitrogen and oxygen atoms in total. The summed E-state index contributed by atoms with van der Waals surface area (Å²) in [7, 11) is 0. The van der Waals surface area contributed by atoms with Gasteiger partial charge in [0.1, 0.15) is 28.2 Å². The molecule has 0 aliphatic rings. The van der Waals surface area contributed by atoms with Crippen molar-refractivity contribution in [3.8, 4) is 17.2 Å². The number of nitrogens with zero attached hydrogens (tertiary/aromatic N) is 3. The highest BCUT2D eigenvalue weighted by atomic mass is 35.5. The second-order valence-corrected chi connectivity index (χ2v) is 10.4. The molecule has 0 amide bonds. The van der Waals surface area contributed by atoms with Crippen LogP contribution in [0.5, 0.6) is 11.5 Å². The van der Waals surface area contributed by atoms with Gasteiger partial charge in [0, 0.05) is 23.1 Å². The SMILES string of the molecule is CCCCC(CC)CCCC(=O)Oc1cc(-n2nc3ccc(Cl)cc3n2)c(O)c(C(C)(C)C)c1. The van der Waals surface area contributed by atoms with E-state index in [1.165, 1.54) is 24.1 Å². The van der Waals surface area contributed by atoms with Gasteiger partial charge in [0.05, 0.1) is 0 Å². The van der Waals surface area contributed by atoms with E-state index in [0.717, 1.165) is 19.3 Å². The van der Waals surface area contributed by atoms with Gasteiger partial charge in [-0.3, -0.25) is 4.79 Å². The molecule has 0 aliphatic heterocycles. The Balaban J connectivity index is 1.82. The molecular formula is C27H36ClN3O3. The highest BCUT2D eigenvalue weighted by Crippen LogP contribution is 2.38. The Hall–Kier alpha value is -2.60. The molecule has 1 aromatic heterocycles. The summed E-state index contributed by atoms with van der Waals surface area (Å²) in [6, 6.07) is 8.58. The van der Waals surface area contributed by atoms with E-state index in [1.54, 1.807) is 30.3 Å². The van der Waals surface area contributed by atoms with Gasteiger partial charge in [0.2, 0.25) is 0 Å². The first-order valence-electron chi connectivity index (χ1n) is 12.2. The summed E-state index contributed by atoms with van der Waals surface area (Å²) in [5, 5.41) is 20.6. The number of aromatic nitrogens is 3. The lowest BCUT2D eigenvalue weighted by atomic mass is 9.86. The highest BCUT2D eigenvalue weighted by molar-refractivity contribution is 6.31. The van der Waals surface area contributed by atoms with Gasteiger partial charge in [-0.1, -0.05) is 71.9 Å². The van der Waals surface area contributed by atoms with Crippen LogP contribution in [0.3, 0.4) is 0 Å². The van der Waals surface area contributed by atoms with Gasteiger partial charge in [0.25, 0.3) is 0 Å². The summed E-state index contributed by atoms with van der Waals surface area (Å²) < 4.78 is 5.72. The number of phenolic OH excluding ortho intramolecular Hbond substituents is 1. The molecule has 1 heterocycles. The molecule has 0 saturated heterocycles. The number of hydrogen-bond acceptors (Lipinski definition) is 5. The first-order valence-corrected chi connectivity index (χ1v) is 12.6. The molecule has 2 aromatic carbocycles. The minimum atomic E-state index is -0.384. The predicted molar refractivity (Wildman–Crippen MR) is 137 cm³/mol. The average molecular weight is 486 g/mol. The molecule has 184 valence electrons. The zero-order valence-electron chi connectivity index (χ0n) is 20.9. The number of phenols is 1. The number of aromatic hydroxyl groups is 1. The quantitative estimate of drug-likeness (QED) is 0.239. The first kappa shape index (κ1) is 26.0. The van der Waals surface area contributed by atoms with Gasteiger partial charge in [-0.05, 0) is 48.4 Å². The van der Waals surface area contributed by atoms with Crippen molar-refractivity contribution in [3.63, 3.8) is 0 Å². The topological polar surface area (TPSA) is 77.2 Å². The Morgan fingerprint density at radius 2 is 1.79 bits per heavy atom. The van der Waals surface area contributed by atoms with Gasteiger partial charge in [0.15, 0.2) is 0 Å². The van der Waals surface area contributed by atoms with Crippen LogP contribution in [0, 0.1) is 5.92 Å². The summed E-state index contributed by atoms with van der Waals surface area (Å²) >= 11 is 6.08. The van der Waals surface area contributed by atoms with E-state index in [-0.39, 0.29) is 17.1 Å². The van der Waals surface area contributed by atoms with E-state index >= 15 is 0 Å². The highest BCUT2D eigenvalue weighted by Gasteiger charge is 2.24. The minimum absolute atomic E-state index is 0.0559. The molecule has 3 aromatic rings. The molecular weight excluding hydrogens is 450 g/mol. The number of fused-ring (bicyclic) bond motifs is 1. The first-order chi connectivity index (χ1) is 16.1. The maximum Gasteiger partial charge on any atom is 0.311 e. The van der Waals surface area contributed by atoms with Crippen molar-refractivity contribution in [2.24, 2.45) is 5.92 Å². The van der Waals surface area contributed by atoms with Gasteiger partial charge >= 0.3 is 5.97 Å². The molecule has 0 bridgehead atoms. The monoisotopic (exact) mass is 485 g/mol.